The number of hydrogen-bond donors (Lipinski definition) is 1. The standard InChI is InChI=1S/C11H23NOS/c1-5-8-10(13)12-9-11(6-2,7-3)14-4/h5-9H2,1-4H3,(H,12,13). The second-order valence-electron chi connectivity index (χ2n) is 3.62. The maximum absolute atomic E-state index is 11.3. The van der Waals surface area contributed by atoms with Crippen LogP contribution in [0.3, 0.4) is 0 Å². The fourth-order valence-corrected chi connectivity index (χ4v) is 2.23. The van der Waals surface area contributed by atoms with E-state index in [1.807, 2.05) is 18.7 Å². The van der Waals surface area contributed by atoms with Crippen molar-refractivity contribution in [1.82, 2.24) is 5.32 Å². The molecule has 0 aliphatic carbocycles. The molecule has 3 heteroatoms. The molecule has 0 aliphatic heterocycles. The third-order valence-electron chi connectivity index (χ3n) is 2.81. The van der Waals surface area contributed by atoms with E-state index >= 15 is 0 Å². The van der Waals surface area contributed by atoms with Crippen molar-refractivity contribution in [1.29, 1.82) is 0 Å². The molecule has 0 rings (SSSR count). The van der Waals surface area contributed by atoms with Crippen molar-refractivity contribution in [2.24, 2.45) is 0 Å². The van der Waals surface area contributed by atoms with Gasteiger partial charge in [-0.1, -0.05) is 20.8 Å². The molecule has 0 bridgehead atoms. The van der Waals surface area contributed by atoms with Crippen molar-refractivity contribution in [3.8, 4) is 0 Å². The van der Waals surface area contributed by atoms with E-state index in [0.717, 1.165) is 25.8 Å². The molecule has 0 heterocycles. The van der Waals surface area contributed by atoms with Crippen molar-refractivity contribution < 1.29 is 4.79 Å². The molecule has 0 fully saturated rings. The SMILES string of the molecule is CCCC(=O)NCC(CC)(CC)SC. The Bertz CT molecular complexity index is 158. The highest BCUT2D eigenvalue weighted by Gasteiger charge is 2.24. The average molecular weight is 217 g/mol. The second-order valence-corrected chi connectivity index (χ2v) is 4.90. The first-order valence-corrected chi connectivity index (χ1v) is 6.68. The van der Waals surface area contributed by atoms with Crippen LogP contribution in [0.4, 0.5) is 0 Å². The molecular formula is C11H23NOS. The summed E-state index contributed by atoms with van der Waals surface area (Å²) in [5.41, 5.74) is 0. The molecule has 84 valence electrons. The Morgan fingerprint density at radius 2 is 1.86 bits per heavy atom. The predicted octanol–water partition coefficient (Wildman–Crippen LogP) is 2.82. The number of amides is 1. The van der Waals surface area contributed by atoms with Gasteiger partial charge in [-0.15, -0.1) is 0 Å². The van der Waals surface area contributed by atoms with Crippen LogP contribution in [-0.2, 0) is 4.79 Å². The van der Waals surface area contributed by atoms with Gasteiger partial charge in [0, 0.05) is 17.7 Å². The summed E-state index contributed by atoms with van der Waals surface area (Å²) in [6.07, 6.45) is 5.92. The van der Waals surface area contributed by atoms with Crippen LogP contribution in [0.2, 0.25) is 0 Å². The normalized spacial score (nSPS) is 11.4. The molecule has 1 N–H and O–H groups in total. The van der Waals surface area contributed by atoms with Crippen LogP contribution in [0.5, 0.6) is 0 Å². The summed E-state index contributed by atoms with van der Waals surface area (Å²) in [7, 11) is 0. The average Bonchev–Trinajstić information content (AvgIpc) is 2.21. The van der Waals surface area contributed by atoms with E-state index in [1.165, 1.54) is 0 Å². The lowest BCUT2D eigenvalue weighted by Crippen LogP contribution is -2.39. The Labute approximate surface area is 92.2 Å². The van der Waals surface area contributed by atoms with E-state index < -0.39 is 0 Å². The summed E-state index contributed by atoms with van der Waals surface area (Å²) in [5, 5.41) is 3.02. The molecule has 0 aromatic rings. The van der Waals surface area contributed by atoms with Gasteiger partial charge in [0.2, 0.25) is 5.91 Å². The van der Waals surface area contributed by atoms with Crippen molar-refractivity contribution in [2.45, 2.75) is 51.2 Å². The van der Waals surface area contributed by atoms with Gasteiger partial charge in [-0.3, -0.25) is 4.79 Å². The molecular weight excluding hydrogens is 194 g/mol. The predicted molar refractivity (Wildman–Crippen MR) is 64.7 cm³/mol. The third-order valence-corrected chi connectivity index (χ3v) is 4.39. The number of rotatable bonds is 7. The summed E-state index contributed by atoms with van der Waals surface area (Å²) in [4.78, 5) is 11.3. The lowest BCUT2D eigenvalue weighted by atomic mass is 10.0. The van der Waals surface area contributed by atoms with E-state index in [1.54, 1.807) is 0 Å². The molecule has 0 saturated carbocycles. The molecule has 0 aliphatic rings. The fraction of sp³-hybridized carbons (Fsp3) is 0.909. The first-order valence-electron chi connectivity index (χ1n) is 5.46. The van der Waals surface area contributed by atoms with E-state index in [-0.39, 0.29) is 10.7 Å². The zero-order valence-corrected chi connectivity index (χ0v) is 10.7. The van der Waals surface area contributed by atoms with Gasteiger partial charge in [-0.2, -0.15) is 11.8 Å². The number of thioether (sulfide) groups is 1. The minimum absolute atomic E-state index is 0.188. The van der Waals surface area contributed by atoms with Crippen molar-refractivity contribution in [3.63, 3.8) is 0 Å². The topological polar surface area (TPSA) is 29.1 Å². The molecule has 0 spiro atoms. The lowest BCUT2D eigenvalue weighted by Gasteiger charge is -2.29. The Hall–Kier alpha value is -0.180. The molecule has 14 heavy (non-hydrogen) atoms. The van der Waals surface area contributed by atoms with Crippen LogP contribution in [0.15, 0.2) is 0 Å². The highest BCUT2D eigenvalue weighted by Crippen LogP contribution is 2.29. The molecule has 0 saturated heterocycles. The maximum atomic E-state index is 11.3. The van der Waals surface area contributed by atoms with Gasteiger partial charge in [-0.25, -0.2) is 0 Å². The minimum Gasteiger partial charge on any atom is -0.355 e. The zero-order valence-electron chi connectivity index (χ0n) is 9.85. The number of nitrogens with one attached hydrogen (secondary N) is 1. The highest BCUT2D eigenvalue weighted by molar-refractivity contribution is 8.00. The zero-order chi connectivity index (χ0) is 11.0. The van der Waals surface area contributed by atoms with Crippen molar-refractivity contribution in [2.75, 3.05) is 12.8 Å². The lowest BCUT2D eigenvalue weighted by molar-refractivity contribution is -0.121. The van der Waals surface area contributed by atoms with Crippen LogP contribution >= 0.6 is 11.8 Å². The summed E-state index contributed by atoms with van der Waals surface area (Å²) in [6.45, 7) is 7.21. The van der Waals surface area contributed by atoms with Crippen LogP contribution in [-0.4, -0.2) is 23.5 Å². The Morgan fingerprint density at radius 3 is 2.21 bits per heavy atom. The molecule has 1 amide bonds. The van der Waals surface area contributed by atoms with E-state index in [9.17, 15) is 4.79 Å². The number of hydrogen-bond acceptors (Lipinski definition) is 2. The minimum atomic E-state index is 0.188. The summed E-state index contributed by atoms with van der Waals surface area (Å²) < 4.78 is 0.239. The van der Waals surface area contributed by atoms with Gasteiger partial charge in [0.05, 0.1) is 0 Å². The highest BCUT2D eigenvalue weighted by atomic mass is 32.2. The smallest absolute Gasteiger partial charge is 0.220 e. The molecule has 2 nitrogen and oxygen atoms in total. The number of carbonyl (C=O) groups is 1. The van der Waals surface area contributed by atoms with Crippen LogP contribution in [0.25, 0.3) is 0 Å². The fourth-order valence-electron chi connectivity index (χ4n) is 1.44. The van der Waals surface area contributed by atoms with Crippen molar-refractivity contribution >= 4 is 17.7 Å². The van der Waals surface area contributed by atoms with Gasteiger partial charge in [0.25, 0.3) is 0 Å². The van der Waals surface area contributed by atoms with Crippen molar-refractivity contribution in [3.05, 3.63) is 0 Å². The van der Waals surface area contributed by atoms with Gasteiger partial charge >= 0.3 is 0 Å². The third kappa shape index (κ3) is 4.36. The number of carbonyl (C=O) groups excluding carboxylic acids is 1. The van der Waals surface area contributed by atoms with Gasteiger partial charge < -0.3 is 5.32 Å². The Morgan fingerprint density at radius 1 is 1.29 bits per heavy atom. The van der Waals surface area contributed by atoms with E-state index in [0.29, 0.717) is 6.42 Å². The Balaban J connectivity index is 3.99. The van der Waals surface area contributed by atoms with Gasteiger partial charge in [-0.05, 0) is 25.5 Å². The Kier molecular flexibility index (Phi) is 7.06. The van der Waals surface area contributed by atoms with E-state index in [4.69, 9.17) is 0 Å². The molecule has 0 aromatic carbocycles. The van der Waals surface area contributed by atoms with Crippen LogP contribution in [0, 0.1) is 0 Å². The molecule has 0 radical (unpaired) electrons. The maximum Gasteiger partial charge on any atom is 0.220 e. The van der Waals surface area contributed by atoms with Gasteiger partial charge in [0.1, 0.15) is 0 Å². The summed E-state index contributed by atoms with van der Waals surface area (Å²) in [5.74, 6) is 0.188. The first kappa shape index (κ1) is 13.8. The first-order chi connectivity index (χ1) is 6.64. The molecule has 0 unspecified atom stereocenters. The monoisotopic (exact) mass is 217 g/mol. The summed E-state index contributed by atoms with van der Waals surface area (Å²) >= 11 is 1.86. The van der Waals surface area contributed by atoms with Crippen LogP contribution < -0.4 is 5.32 Å². The largest absolute Gasteiger partial charge is 0.355 e. The van der Waals surface area contributed by atoms with Gasteiger partial charge in [0.15, 0.2) is 0 Å². The van der Waals surface area contributed by atoms with E-state index in [2.05, 4.69) is 25.4 Å². The second kappa shape index (κ2) is 7.16. The quantitative estimate of drug-likeness (QED) is 0.710. The molecule has 0 aromatic heterocycles. The van der Waals surface area contributed by atoms with Crippen LogP contribution in [0.1, 0.15) is 46.5 Å². The molecule has 0 atom stereocenters. The summed E-state index contributed by atoms with van der Waals surface area (Å²) in [6, 6.07) is 0.